The van der Waals surface area contributed by atoms with E-state index in [-0.39, 0.29) is 11.5 Å². The fourth-order valence-electron chi connectivity index (χ4n) is 2.65. The number of H-pyrrole nitrogens is 1. The number of anilines is 1. The normalized spacial score (nSPS) is 14.6. The Morgan fingerprint density at radius 2 is 2.23 bits per heavy atom. The van der Waals surface area contributed by atoms with E-state index in [2.05, 4.69) is 27.9 Å². The van der Waals surface area contributed by atoms with Crippen LogP contribution in [0, 0.1) is 13.8 Å². The van der Waals surface area contributed by atoms with E-state index in [1.54, 1.807) is 0 Å². The zero-order chi connectivity index (χ0) is 15.7. The average molecular weight is 300 g/mol. The van der Waals surface area contributed by atoms with E-state index in [4.69, 9.17) is 10.5 Å². The first-order chi connectivity index (χ1) is 10.5. The maximum absolute atomic E-state index is 12.0. The number of rotatable bonds is 3. The predicted octanol–water partition coefficient (Wildman–Crippen LogP) is 1.36. The van der Waals surface area contributed by atoms with Crippen molar-refractivity contribution in [1.29, 1.82) is 0 Å². The summed E-state index contributed by atoms with van der Waals surface area (Å²) in [6.07, 6.45) is 0.708. The second-order valence-electron chi connectivity index (χ2n) is 5.65. The number of nitrogens with zero attached hydrogens (tertiary/aromatic N) is 2. The van der Waals surface area contributed by atoms with Gasteiger partial charge in [-0.15, -0.1) is 0 Å². The molecular weight excluding hydrogens is 280 g/mol. The molecule has 0 atom stereocenters. The Morgan fingerprint density at radius 3 is 3.05 bits per heavy atom. The Morgan fingerprint density at radius 1 is 1.41 bits per heavy atom. The highest BCUT2D eigenvalue weighted by Gasteiger charge is 2.21. The smallest absolute Gasteiger partial charge is 0.257 e. The molecule has 0 unspecified atom stereocenters. The van der Waals surface area contributed by atoms with Crippen molar-refractivity contribution in [3.05, 3.63) is 50.9 Å². The van der Waals surface area contributed by atoms with Crippen LogP contribution in [0.5, 0.6) is 5.75 Å². The van der Waals surface area contributed by atoms with Crippen LogP contribution in [0.4, 0.5) is 5.95 Å². The number of fused-ring (bicyclic) bond motifs is 1. The minimum atomic E-state index is -0.154. The molecule has 116 valence electrons. The molecule has 6 nitrogen and oxygen atoms in total. The van der Waals surface area contributed by atoms with Crippen LogP contribution in [0.15, 0.2) is 23.0 Å². The number of nitrogen functional groups attached to an aromatic ring is 1. The summed E-state index contributed by atoms with van der Waals surface area (Å²) in [4.78, 5) is 20.8. The molecule has 3 N–H and O–H groups in total. The molecule has 2 aromatic rings. The van der Waals surface area contributed by atoms with Gasteiger partial charge in [-0.25, -0.2) is 4.98 Å². The van der Waals surface area contributed by atoms with Crippen LogP contribution >= 0.6 is 0 Å². The summed E-state index contributed by atoms with van der Waals surface area (Å²) < 4.78 is 5.90. The Hall–Kier alpha value is -2.34. The van der Waals surface area contributed by atoms with Crippen LogP contribution < -0.4 is 16.0 Å². The monoisotopic (exact) mass is 300 g/mol. The quantitative estimate of drug-likeness (QED) is 0.894. The lowest BCUT2D eigenvalue weighted by Crippen LogP contribution is -2.38. The van der Waals surface area contributed by atoms with Crippen molar-refractivity contribution in [3.63, 3.8) is 0 Å². The molecule has 0 saturated heterocycles. The first-order valence-electron chi connectivity index (χ1n) is 7.33. The lowest BCUT2D eigenvalue weighted by Gasteiger charge is -2.27. The number of benzene rings is 1. The van der Waals surface area contributed by atoms with Crippen LogP contribution in [0.1, 0.15) is 22.4 Å². The molecule has 2 heterocycles. The van der Waals surface area contributed by atoms with Gasteiger partial charge in [-0.2, -0.15) is 0 Å². The second-order valence-corrected chi connectivity index (χ2v) is 5.65. The van der Waals surface area contributed by atoms with E-state index < -0.39 is 0 Å². The molecule has 3 rings (SSSR count). The molecule has 1 aliphatic heterocycles. The van der Waals surface area contributed by atoms with Gasteiger partial charge >= 0.3 is 0 Å². The molecule has 1 aliphatic rings. The Kier molecular flexibility index (Phi) is 3.85. The SMILES string of the molecule is Cc1cccc(OCN2CCc3nc(N)[nH]c(=O)c3C2)c1C. The van der Waals surface area contributed by atoms with Gasteiger partial charge in [0.2, 0.25) is 5.95 Å². The van der Waals surface area contributed by atoms with Crippen molar-refractivity contribution in [2.45, 2.75) is 26.8 Å². The highest BCUT2D eigenvalue weighted by molar-refractivity contribution is 5.38. The zero-order valence-corrected chi connectivity index (χ0v) is 12.8. The zero-order valence-electron chi connectivity index (χ0n) is 12.8. The number of hydrogen-bond acceptors (Lipinski definition) is 5. The fraction of sp³-hybridized carbons (Fsp3) is 0.375. The van der Waals surface area contributed by atoms with Crippen molar-refractivity contribution >= 4 is 5.95 Å². The van der Waals surface area contributed by atoms with Crippen LogP contribution in [0.25, 0.3) is 0 Å². The minimum Gasteiger partial charge on any atom is -0.478 e. The lowest BCUT2D eigenvalue weighted by atomic mass is 10.1. The number of nitrogens with one attached hydrogen (secondary N) is 1. The highest BCUT2D eigenvalue weighted by atomic mass is 16.5. The van der Waals surface area contributed by atoms with Gasteiger partial charge in [0.05, 0.1) is 11.3 Å². The van der Waals surface area contributed by atoms with Crippen molar-refractivity contribution in [3.8, 4) is 5.75 Å². The summed E-state index contributed by atoms with van der Waals surface area (Å²) in [6, 6.07) is 6.02. The Balaban J connectivity index is 1.71. The van der Waals surface area contributed by atoms with Crippen LogP contribution in [0.2, 0.25) is 0 Å². The molecule has 0 amide bonds. The first kappa shape index (κ1) is 14.6. The number of nitrogens with two attached hydrogens (primary N) is 1. The average Bonchev–Trinajstić information content (AvgIpc) is 2.49. The Bertz CT molecular complexity index is 754. The Labute approximate surface area is 128 Å². The molecule has 6 heteroatoms. The lowest BCUT2D eigenvalue weighted by molar-refractivity contribution is 0.112. The van der Waals surface area contributed by atoms with E-state index >= 15 is 0 Å². The van der Waals surface area contributed by atoms with Gasteiger partial charge in [0.1, 0.15) is 12.5 Å². The molecular formula is C16H20N4O2. The molecule has 22 heavy (non-hydrogen) atoms. The van der Waals surface area contributed by atoms with Gasteiger partial charge < -0.3 is 10.5 Å². The maximum Gasteiger partial charge on any atom is 0.257 e. The molecule has 0 aliphatic carbocycles. The van der Waals surface area contributed by atoms with Crippen LogP contribution in [-0.4, -0.2) is 28.1 Å². The van der Waals surface area contributed by atoms with Crippen molar-refractivity contribution in [2.24, 2.45) is 0 Å². The van der Waals surface area contributed by atoms with E-state index in [0.717, 1.165) is 23.6 Å². The third-order valence-electron chi connectivity index (χ3n) is 4.12. The maximum atomic E-state index is 12.0. The van der Waals surface area contributed by atoms with Gasteiger partial charge in [-0.05, 0) is 31.0 Å². The number of aromatic nitrogens is 2. The van der Waals surface area contributed by atoms with Crippen LogP contribution in [0.3, 0.4) is 0 Å². The van der Waals surface area contributed by atoms with Crippen LogP contribution in [-0.2, 0) is 13.0 Å². The number of hydrogen-bond donors (Lipinski definition) is 2. The molecule has 1 aromatic heterocycles. The summed E-state index contributed by atoms with van der Waals surface area (Å²) >= 11 is 0. The summed E-state index contributed by atoms with van der Waals surface area (Å²) in [6.45, 7) is 5.90. The molecule has 0 radical (unpaired) electrons. The summed E-state index contributed by atoms with van der Waals surface area (Å²) in [5.74, 6) is 1.07. The molecule has 0 saturated carbocycles. The molecule has 0 spiro atoms. The predicted molar refractivity (Wildman–Crippen MR) is 84.8 cm³/mol. The van der Waals surface area contributed by atoms with Crippen molar-refractivity contribution in [2.75, 3.05) is 19.0 Å². The van der Waals surface area contributed by atoms with E-state index in [0.29, 0.717) is 25.3 Å². The third-order valence-corrected chi connectivity index (χ3v) is 4.12. The topological polar surface area (TPSA) is 84.2 Å². The van der Waals surface area contributed by atoms with Gasteiger partial charge in [-0.3, -0.25) is 14.7 Å². The van der Waals surface area contributed by atoms with Gasteiger partial charge in [0.15, 0.2) is 0 Å². The summed E-state index contributed by atoms with van der Waals surface area (Å²) in [5.41, 5.74) is 9.26. The minimum absolute atomic E-state index is 0.154. The highest BCUT2D eigenvalue weighted by Crippen LogP contribution is 2.21. The number of aromatic amines is 1. The largest absolute Gasteiger partial charge is 0.478 e. The first-order valence-corrected chi connectivity index (χ1v) is 7.33. The second kappa shape index (κ2) is 5.81. The van der Waals surface area contributed by atoms with Crippen molar-refractivity contribution < 1.29 is 4.74 Å². The number of ether oxygens (including phenoxy) is 1. The fourth-order valence-corrected chi connectivity index (χ4v) is 2.65. The molecule has 0 fully saturated rings. The molecule has 1 aromatic carbocycles. The third kappa shape index (κ3) is 2.82. The van der Waals surface area contributed by atoms with E-state index in [9.17, 15) is 4.79 Å². The van der Waals surface area contributed by atoms with Gasteiger partial charge in [0.25, 0.3) is 5.56 Å². The summed E-state index contributed by atoms with van der Waals surface area (Å²) in [7, 11) is 0. The standard InChI is InChI=1S/C16H20N4O2/c1-10-4-3-5-14(11(10)2)22-9-20-7-6-13-12(8-20)15(21)19-16(17)18-13/h3-5H,6-9H2,1-2H3,(H3,17,18,19,21). The molecule has 0 bridgehead atoms. The van der Waals surface area contributed by atoms with E-state index in [1.165, 1.54) is 5.56 Å². The van der Waals surface area contributed by atoms with E-state index in [1.807, 2.05) is 19.1 Å². The summed E-state index contributed by atoms with van der Waals surface area (Å²) in [5, 5.41) is 0. The number of aryl methyl sites for hydroxylation is 1. The van der Waals surface area contributed by atoms with Crippen molar-refractivity contribution in [1.82, 2.24) is 14.9 Å². The van der Waals surface area contributed by atoms with Gasteiger partial charge in [0, 0.05) is 19.5 Å². The van der Waals surface area contributed by atoms with Gasteiger partial charge in [-0.1, -0.05) is 12.1 Å².